The third-order valence-electron chi connectivity index (χ3n) is 3.96. The van der Waals surface area contributed by atoms with Crippen molar-refractivity contribution >= 4 is 28.4 Å². The van der Waals surface area contributed by atoms with Gasteiger partial charge in [0.15, 0.2) is 5.13 Å². The molecule has 1 aliphatic heterocycles. The van der Waals surface area contributed by atoms with Crippen molar-refractivity contribution in [1.82, 2.24) is 9.88 Å². The van der Waals surface area contributed by atoms with E-state index in [-0.39, 0.29) is 17.9 Å². The minimum absolute atomic E-state index is 0.0243. The predicted molar refractivity (Wildman–Crippen MR) is 89.5 cm³/mol. The van der Waals surface area contributed by atoms with Crippen LogP contribution >= 0.6 is 11.3 Å². The van der Waals surface area contributed by atoms with Crippen LogP contribution in [0, 0.1) is 12.7 Å². The summed E-state index contributed by atoms with van der Waals surface area (Å²) in [5.41, 5.74) is 6.70. The maximum Gasteiger partial charge on any atom is 0.326 e. The standard InChI is InChI=1S/C16H17FN4O2S/c1-9-7-21(15-19-10(2)13(24-15)14(18)22)16(23)20(9)8-11-3-5-12(17)6-4-11/h3-6,9H,7-8H2,1-2H3,(H2,18,22). The maximum atomic E-state index is 13.0. The summed E-state index contributed by atoms with van der Waals surface area (Å²) in [4.78, 5) is 32.0. The van der Waals surface area contributed by atoms with Gasteiger partial charge in [0, 0.05) is 12.6 Å². The van der Waals surface area contributed by atoms with Gasteiger partial charge >= 0.3 is 6.03 Å². The number of benzene rings is 1. The molecule has 1 fully saturated rings. The summed E-state index contributed by atoms with van der Waals surface area (Å²) in [5, 5.41) is 0.472. The Balaban J connectivity index is 1.81. The summed E-state index contributed by atoms with van der Waals surface area (Å²) in [6.45, 7) is 4.51. The van der Waals surface area contributed by atoms with E-state index in [1.54, 1.807) is 28.9 Å². The molecule has 3 rings (SSSR count). The van der Waals surface area contributed by atoms with E-state index in [1.807, 2.05) is 6.92 Å². The van der Waals surface area contributed by atoms with Gasteiger partial charge in [-0.1, -0.05) is 23.5 Å². The van der Waals surface area contributed by atoms with Crippen molar-refractivity contribution in [3.05, 3.63) is 46.2 Å². The van der Waals surface area contributed by atoms with Crippen LogP contribution in [0.2, 0.25) is 0 Å². The number of halogens is 1. The Morgan fingerprint density at radius 3 is 2.67 bits per heavy atom. The molecule has 2 heterocycles. The van der Waals surface area contributed by atoms with Gasteiger partial charge in [0.05, 0.1) is 12.2 Å². The number of aryl methyl sites for hydroxylation is 1. The first-order chi connectivity index (χ1) is 11.4. The van der Waals surface area contributed by atoms with Crippen LogP contribution in [0.3, 0.4) is 0 Å². The van der Waals surface area contributed by atoms with Crippen molar-refractivity contribution in [2.24, 2.45) is 5.73 Å². The number of thiazole rings is 1. The molecule has 2 aromatic rings. The molecule has 1 aliphatic rings. The Morgan fingerprint density at radius 2 is 2.08 bits per heavy atom. The Kier molecular flexibility index (Phi) is 4.23. The number of primary amides is 1. The number of urea groups is 1. The summed E-state index contributed by atoms with van der Waals surface area (Å²) in [6, 6.07) is 5.87. The summed E-state index contributed by atoms with van der Waals surface area (Å²) in [7, 11) is 0. The molecule has 1 unspecified atom stereocenters. The number of carbonyl (C=O) groups is 2. The van der Waals surface area contributed by atoms with Crippen molar-refractivity contribution < 1.29 is 14.0 Å². The predicted octanol–water partition coefficient (Wildman–Crippen LogP) is 2.52. The summed E-state index contributed by atoms with van der Waals surface area (Å²) < 4.78 is 13.0. The number of hydrogen-bond acceptors (Lipinski definition) is 4. The van der Waals surface area contributed by atoms with Crippen molar-refractivity contribution in [1.29, 1.82) is 0 Å². The van der Waals surface area contributed by atoms with Crippen LogP contribution in [0.25, 0.3) is 0 Å². The van der Waals surface area contributed by atoms with Gasteiger partial charge in [-0.3, -0.25) is 9.69 Å². The zero-order chi connectivity index (χ0) is 17.4. The molecule has 1 aromatic heterocycles. The van der Waals surface area contributed by atoms with Crippen LogP contribution in [0.15, 0.2) is 24.3 Å². The lowest BCUT2D eigenvalue weighted by Gasteiger charge is -2.20. The van der Waals surface area contributed by atoms with Crippen molar-refractivity contribution in [3.63, 3.8) is 0 Å². The fourth-order valence-corrected chi connectivity index (χ4v) is 3.60. The van der Waals surface area contributed by atoms with E-state index < -0.39 is 5.91 Å². The average molecular weight is 348 g/mol. The molecule has 6 nitrogen and oxygen atoms in total. The van der Waals surface area contributed by atoms with Gasteiger partial charge in [-0.15, -0.1) is 0 Å². The van der Waals surface area contributed by atoms with Crippen LogP contribution in [-0.2, 0) is 6.54 Å². The second kappa shape index (κ2) is 6.20. The Morgan fingerprint density at radius 1 is 1.42 bits per heavy atom. The lowest BCUT2D eigenvalue weighted by Crippen LogP contribution is -2.33. The topological polar surface area (TPSA) is 79.5 Å². The van der Waals surface area contributed by atoms with E-state index in [9.17, 15) is 14.0 Å². The van der Waals surface area contributed by atoms with Gasteiger partial charge in [-0.05, 0) is 31.5 Å². The first kappa shape index (κ1) is 16.4. The van der Waals surface area contributed by atoms with Crippen LogP contribution in [0.5, 0.6) is 0 Å². The van der Waals surface area contributed by atoms with E-state index in [4.69, 9.17) is 5.73 Å². The molecule has 0 spiro atoms. The molecule has 8 heteroatoms. The fourth-order valence-electron chi connectivity index (χ4n) is 2.68. The quantitative estimate of drug-likeness (QED) is 0.922. The molecule has 1 aromatic carbocycles. The van der Waals surface area contributed by atoms with E-state index in [2.05, 4.69) is 4.98 Å². The molecule has 1 atom stereocenters. The minimum Gasteiger partial charge on any atom is -0.365 e. The molecule has 126 valence electrons. The summed E-state index contributed by atoms with van der Waals surface area (Å²) >= 11 is 1.12. The SMILES string of the molecule is Cc1nc(N2CC(C)N(Cc3ccc(F)cc3)C2=O)sc1C(N)=O. The number of anilines is 1. The van der Waals surface area contributed by atoms with Crippen molar-refractivity contribution in [2.45, 2.75) is 26.4 Å². The van der Waals surface area contributed by atoms with Crippen molar-refractivity contribution in [3.8, 4) is 0 Å². The molecule has 0 aliphatic carbocycles. The average Bonchev–Trinajstić information content (AvgIpc) is 3.04. The largest absolute Gasteiger partial charge is 0.365 e. The molecule has 2 N–H and O–H groups in total. The summed E-state index contributed by atoms with van der Waals surface area (Å²) in [5.74, 6) is -0.850. The number of rotatable bonds is 4. The molecule has 24 heavy (non-hydrogen) atoms. The van der Waals surface area contributed by atoms with E-state index in [1.165, 1.54) is 12.1 Å². The van der Waals surface area contributed by atoms with Gasteiger partial charge in [-0.2, -0.15) is 0 Å². The van der Waals surface area contributed by atoms with Crippen LogP contribution in [0.4, 0.5) is 14.3 Å². The van der Waals surface area contributed by atoms with Gasteiger partial charge in [0.2, 0.25) is 0 Å². The Bertz CT molecular complexity index is 790. The molecule has 0 saturated carbocycles. The third kappa shape index (κ3) is 2.96. The van der Waals surface area contributed by atoms with E-state index in [0.29, 0.717) is 28.8 Å². The van der Waals surface area contributed by atoms with Gasteiger partial charge in [0.25, 0.3) is 5.91 Å². The van der Waals surface area contributed by atoms with Crippen LogP contribution in [0.1, 0.15) is 27.9 Å². The molecule has 3 amide bonds. The lowest BCUT2D eigenvalue weighted by atomic mass is 10.2. The van der Waals surface area contributed by atoms with E-state index >= 15 is 0 Å². The Labute approximate surface area is 142 Å². The monoisotopic (exact) mass is 348 g/mol. The fraction of sp³-hybridized carbons (Fsp3) is 0.312. The Hall–Kier alpha value is -2.48. The molecule has 0 bridgehead atoms. The number of amides is 3. The van der Waals surface area contributed by atoms with E-state index in [0.717, 1.165) is 16.9 Å². The second-order valence-electron chi connectivity index (χ2n) is 5.77. The number of aromatic nitrogens is 1. The van der Waals surface area contributed by atoms with Crippen LogP contribution in [-0.4, -0.2) is 34.4 Å². The zero-order valence-corrected chi connectivity index (χ0v) is 14.1. The number of hydrogen-bond donors (Lipinski definition) is 1. The zero-order valence-electron chi connectivity index (χ0n) is 13.3. The molecule has 1 saturated heterocycles. The maximum absolute atomic E-state index is 13.0. The number of carbonyl (C=O) groups excluding carboxylic acids is 2. The highest BCUT2D eigenvalue weighted by Gasteiger charge is 2.37. The third-order valence-corrected chi connectivity index (χ3v) is 5.16. The van der Waals surface area contributed by atoms with Gasteiger partial charge in [-0.25, -0.2) is 14.2 Å². The van der Waals surface area contributed by atoms with Gasteiger partial charge in [0.1, 0.15) is 10.7 Å². The van der Waals surface area contributed by atoms with Crippen LogP contribution < -0.4 is 10.6 Å². The van der Waals surface area contributed by atoms with Gasteiger partial charge < -0.3 is 10.6 Å². The lowest BCUT2D eigenvalue weighted by molar-refractivity contribution is 0.100. The number of nitrogens with two attached hydrogens (primary N) is 1. The minimum atomic E-state index is -0.542. The first-order valence-corrected chi connectivity index (χ1v) is 8.28. The number of nitrogens with zero attached hydrogens (tertiary/aromatic N) is 3. The smallest absolute Gasteiger partial charge is 0.326 e. The molecular formula is C16H17FN4O2S. The normalized spacial score (nSPS) is 17.6. The highest BCUT2D eigenvalue weighted by molar-refractivity contribution is 7.17. The van der Waals surface area contributed by atoms with Crippen molar-refractivity contribution in [2.75, 3.05) is 11.4 Å². The molecule has 0 radical (unpaired) electrons. The first-order valence-electron chi connectivity index (χ1n) is 7.46. The summed E-state index contributed by atoms with van der Waals surface area (Å²) in [6.07, 6.45) is 0. The highest BCUT2D eigenvalue weighted by Crippen LogP contribution is 2.30. The molecular weight excluding hydrogens is 331 g/mol. The second-order valence-corrected chi connectivity index (χ2v) is 6.75. The highest BCUT2D eigenvalue weighted by atomic mass is 32.1.